The Hall–Kier alpha value is -1.75. The summed E-state index contributed by atoms with van der Waals surface area (Å²) in [6, 6.07) is 9.33. The number of carbonyl (C=O) groups is 1. The Morgan fingerprint density at radius 3 is 2.81 bits per heavy atom. The van der Waals surface area contributed by atoms with Crippen LogP contribution in [0.5, 0.6) is 5.75 Å². The topological polar surface area (TPSA) is 34.5 Å². The van der Waals surface area contributed by atoms with Crippen LogP contribution in [0.2, 0.25) is 0 Å². The number of aromatic nitrogens is 1. The van der Waals surface area contributed by atoms with Crippen LogP contribution in [0.1, 0.15) is 23.8 Å². The highest BCUT2D eigenvalue weighted by molar-refractivity contribution is 9.10. The summed E-state index contributed by atoms with van der Waals surface area (Å²) in [5.41, 5.74) is 1.48. The van der Waals surface area contributed by atoms with Gasteiger partial charge in [-0.2, -0.15) is 0 Å². The van der Waals surface area contributed by atoms with Crippen LogP contribution in [-0.4, -0.2) is 24.6 Å². The first kappa shape index (κ1) is 15.6. The smallest absolute Gasteiger partial charge is 0.274 e. The van der Waals surface area contributed by atoms with E-state index in [4.69, 9.17) is 4.74 Å². The van der Waals surface area contributed by atoms with E-state index in [-0.39, 0.29) is 5.91 Å². The van der Waals surface area contributed by atoms with Gasteiger partial charge in [0.05, 0.1) is 7.11 Å². The van der Waals surface area contributed by atoms with E-state index in [1.54, 1.807) is 19.1 Å². The van der Waals surface area contributed by atoms with Gasteiger partial charge in [0.15, 0.2) is 0 Å². The maximum atomic E-state index is 12.7. The molecular weight excluding hydrogens is 332 g/mol. The molecule has 1 heterocycles. The van der Waals surface area contributed by atoms with Crippen molar-refractivity contribution in [3.8, 4) is 5.75 Å². The molecule has 0 spiro atoms. The van der Waals surface area contributed by atoms with E-state index in [2.05, 4.69) is 22.9 Å². The molecule has 0 saturated heterocycles. The van der Waals surface area contributed by atoms with Crippen LogP contribution < -0.4 is 9.64 Å². The second-order valence-electron chi connectivity index (χ2n) is 4.80. The number of benzene rings is 1. The summed E-state index contributed by atoms with van der Waals surface area (Å²) in [7, 11) is 3.39. The van der Waals surface area contributed by atoms with E-state index in [1.165, 1.54) is 0 Å². The molecule has 5 heteroatoms. The zero-order valence-corrected chi connectivity index (χ0v) is 14.1. The molecule has 2 aromatic rings. The summed E-state index contributed by atoms with van der Waals surface area (Å²) < 4.78 is 8.10. The van der Waals surface area contributed by atoms with Crippen LogP contribution in [0.15, 0.2) is 41.0 Å². The zero-order chi connectivity index (χ0) is 15.4. The molecule has 21 heavy (non-hydrogen) atoms. The number of methoxy groups -OCH3 is 1. The molecule has 4 nitrogen and oxygen atoms in total. The molecule has 0 N–H and O–H groups in total. The number of carbonyl (C=O) groups excluding carboxylic acids is 1. The summed E-state index contributed by atoms with van der Waals surface area (Å²) in [5, 5.41) is 0. The quantitative estimate of drug-likeness (QED) is 0.818. The van der Waals surface area contributed by atoms with Gasteiger partial charge in [-0.3, -0.25) is 4.79 Å². The van der Waals surface area contributed by atoms with Crippen molar-refractivity contribution in [3.05, 3.63) is 46.7 Å². The molecule has 2 rings (SSSR count). The Bertz CT molecular complexity index is 637. The molecule has 0 unspecified atom stereocenters. The van der Waals surface area contributed by atoms with Crippen LogP contribution in [0.4, 0.5) is 5.69 Å². The summed E-state index contributed by atoms with van der Waals surface area (Å²) in [6.07, 6.45) is 2.92. The normalized spacial score (nSPS) is 10.5. The molecule has 1 amide bonds. The average molecular weight is 351 g/mol. The minimum absolute atomic E-state index is 0.0394. The van der Waals surface area contributed by atoms with Gasteiger partial charge in [-0.1, -0.05) is 13.0 Å². The van der Waals surface area contributed by atoms with E-state index in [0.29, 0.717) is 5.69 Å². The largest absolute Gasteiger partial charge is 0.497 e. The lowest BCUT2D eigenvalue weighted by Gasteiger charge is -2.19. The molecule has 0 aliphatic carbocycles. The third kappa shape index (κ3) is 3.47. The van der Waals surface area contributed by atoms with Gasteiger partial charge in [0.1, 0.15) is 11.4 Å². The molecule has 0 aliphatic heterocycles. The molecule has 112 valence electrons. The van der Waals surface area contributed by atoms with E-state index in [1.807, 2.05) is 41.1 Å². The summed E-state index contributed by atoms with van der Waals surface area (Å²) in [4.78, 5) is 14.3. The van der Waals surface area contributed by atoms with Crippen molar-refractivity contribution in [1.29, 1.82) is 0 Å². The molecule has 0 atom stereocenters. The van der Waals surface area contributed by atoms with E-state index < -0.39 is 0 Å². The van der Waals surface area contributed by atoms with Gasteiger partial charge in [0, 0.05) is 36.0 Å². The van der Waals surface area contributed by atoms with Crippen molar-refractivity contribution in [2.75, 3.05) is 19.1 Å². The molecule has 0 fully saturated rings. The SMILES string of the molecule is CCCn1cc(Br)cc1C(=O)N(C)c1cccc(OC)c1. The number of aryl methyl sites for hydroxylation is 1. The van der Waals surface area contributed by atoms with Crippen molar-refractivity contribution in [2.24, 2.45) is 0 Å². The van der Waals surface area contributed by atoms with E-state index in [9.17, 15) is 4.79 Å². The predicted molar refractivity (Wildman–Crippen MR) is 88.2 cm³/mol. The minimum atomic E-state index is -0.0394. The minimum Gasteiger partial charge on any atom is -0.497 e. The molecule has 0 bridgehead atoms. The fraction of sp³-hybridized carbons (Fsp3) is 0.312. The Labute approximate surface area is 133 Å². The van der Waals surface area contributed by atoms with Crippen molar-refractivity contribution in [3.63, 3.8) is 0 Å². The number of ether oxygens (including phenoxy) is 1. The lowest BCUT2D eigenvalue weighted by molar-refractivity contribution is 0.0984. The molecule has 0 radical (unpaired) electrons. The number of hydrogen-bond acceptors (Lipinski definition) is 2. The number of halogens is 1. The lowest BCUT2D eigenvalue weighted by atomic mass is 10.2. The third-order valence-corrected chi connectivity index (χ3v) is 3.73. The van der Waals surface area contributed by atoms with Crippen molar-refractivity contribution in [2.45, 2.75) is 19.9 Å². The Balaban J connectivity index is 2.30. The van der Waals surface area contributed by atoms with Gasteiger partial charge in [0.25, 0.3) is 5.91 Å². The summed E-state index contributed by atoms with van der Waals surface area (Å²) in [6.45, 7) is 2.91. The van der Waals surface area contributed by atoms with Gasteiger partial charge in [-0.15, -0.1) is 0 Å². The summed E-state index contributed by atoms with van der Waals surface area (Å²) >= 11 is 3.44. The van der Waals surface area contributed by atoms with Crippen molar-refractivity contribution in [1.82, 2.24) is 4.57 Å². The van der Waals surface area contributed by atoms with Crippen molar-refractivity contribution < 1.29 is 9.53 Å². The van der Waals surface area contributed by atoms with Crippen LogP contribution in [0, 0.1) is 0 Å². The Kier molecular flexibility index (Phi) is 5.07. The highest BCUT2D eigenvalue weighted by Gasteiger charge is 2.18. The highest BCUT2D eigenvalue weighted by Crippen LogP contribution is 2.23. The maximum absolute atomic E-state index is 12.7. The fourth-order valence-electron chi connectivity index (χ4n) is 2.19. The zero-order valence-electron chi connectivity index (χ0n) is 12.5. The average Bonchev–Trinajstić information content (AvgIpc) is 2.87. The molecular formula is C16H19BrN2O2. The first-order chi connectivity index (χ1) is 10.1. The Morgan fingerprint density at radius 2 is 2.14 bits per heavy atom. The summed E-state index contributed by atoms with van der Waals surface area (Å²) in [5.74, 6) is 0.694. The van der Waals surface area contributed by atoms with E-state index in [0.717, 1.165) is 28.9 Å². The van der Waals surface area contributed by atoms with Crippen LogP contribution in [0.3, 0.4) is 0 Å². The number of hydrogen-bond donors (Lipinski definition) is 0. The first-order valence-corrected chi connectivity index (χ1v) is 7.64. The second-order valence-corrected chi connectivity index (χ2v) is 5.72. The van der Waals surface area contributed by atoms with Crippen LogP contribution >= 0.6 is 15.9 Å². The van der Waals surface area contributed by atoms with Gasteiger partial charge in [-0.25, -0.2) is 0 Å². The number of rotatable bonds is 5. The highest BCUT2D eigenvalue weighted by atomic mass is 79.9. The van der Waals surface area contributed by atoms with Crippen LogP contribution in [0.25, 0.3) is 0 Å². The van der Waals surface area contributed by atoms with Gasteiger partial charge in [0.2, 0.25) is 0 Å². The first-order valence-electron chi connectivity index (χ1n) is 6.84. The molecule has 0 saturated carbocycles. The molecule has 1 aromatic carbocycles. The second kappa shape index (κ2) is 6.80. The molecule has 0 aliphatic rings. The Morgan fingerprint density at radius 1 is 1.38 bits per heavy atom. The van der Waals surface area contributed by atoms with Crippen LogP contribution in [-0.2, 0) is 6.54 Å². The monoisotopic (exact) mass is 350 g/mol. The third-order valence-electron chi connectivity index (χ3n) is 3.29. The fourth-order valence-corrected chi connectivity index (χ4v) is 2.65. The predicted octanol–water partition coefficient (Wildman–Crippen LogP) is 3.95. The van der Waals surface area contributed by atoms with Gasteiger partial charge < -0.3 is 14.2 Å². The standard InChI is InChI=1S/C16H19BrN2O2/c1-4-8-19-11-12(17)9-15(19)16(20)18(2)13-6-5-7-14(10-13)21-3/h5-7,9-11H,4,8H2,1-3H3. The van der Waals surface area contributed by atoms with E-state index >= 15 is 0 Å². The number of anilines is 1. The maximum Gasteiger partial charge on any atom is 0.274 e. The number of nitrogens with zero attached hydrogens (tertiary/aromatic N) is 2. The molecule has 1 aromatic heterocycles. The van der Waals surface area contributed by atoms with Crippen molar-refractivity contribution >= 4 is 27.5 Å². The number of amides is 1. The lowest BCUT2D eigenvalue weighted by Crippen LogP contribution is -2.28. The van der Waals surface area contributed by atoms with Gasteiger partial charge >= 0.3 is 0 Å². The van der Waals surface area contributed by atoms with Gasteiger partial charge in [-0.05, 0) is 40.5 Å².